The van der Waals surface area contributed by atoms with E-state index in [4.69, 9.17) is 4.74 Å². The van der Waals surface area contributed by atoms with E-state index in [0.29, 0.717) is 19.3 Å². The summed E-state index contributed by atoms with van der Waals surface area (Å²) in [6.07, 6.45) is 60.4. The molecule has 1 amide bonds. The summed E-state index contributed by atoms with van der Waals surface area (Å²) >= 11 is 0. The maximum absolute atomic E-state index is 13.2. The molecule has 0 saturated carbocycles. The fraction of sp³-hybridized carbons (Fsp3) is 0.821. The van der Waals surface area contributed by atoms with Crippen molar-refractivity contribution in [1.29, 1.82) is 0 Å². The van der Waals surface area contributed by atoms with E-state index in [1.165, 1.54) is 167 Å². The molecule has 6 heteroatoms. The molecular formula is C56H103NO5. The lowest BCUT2D eigenvalue weighted by molar-refractivity contribution is -0.151. The summed E-state index contributed by atoms with van der Waals surface area (Å²) in [5.74, 6) is -0.532. The van der Waals surface area contributed by atoms with Gasteiger partial charge in [0.25, 0.3) is 0 Å². The summed E-state index contributed by atoms with van der Waals surface area (Å²) in [7, 11) is 0. The Morgan fingerprint density at radius 1 is 0.484 bits per heavy atom. The number of unbranched alkanes of at least 4 members (excludes halogenated alkanes) is 31. The molecule has 6 nitrogen and oxygen atoms in total. The van der Waals surface area contributed by atoms with Crippen molar-refractivity contribution in [3.63, 3.8) is 0 Å². The molecule has 0 rings (SSSR count). The molecule has 362 valence electrons. The van der Waals surface area contributed by atoms with Crippen LogP contribution in [0.5, 0.6) is 0 Å². The van der Waals surface area contributed by atoms with Gasteiger partial charge in [0.05, 0.1) is 25.2 Å². The highest BCUT2D eigenvalue weighted by molar-refractivity contribution is 5.77. The Kier molecular flexibility index (Phi) is 48.1. The molecule has 3 unspecified atom stereocenters. The zero-order valence-corrected chi connectivity index (χ0v) is 41.3. The minimum absolute atomic E-state index is 0.0344. The molecule has 0 heterocycles. The number of esters is 1. The van der Waals surface area contributed by atoms with Crippen LogP contribution in [-0.2, 0) is 14.3 Å². The first-order valence-corrected chi connectivity index (χ1v) is 26.9. The molecular weight excluding hydrogens is 767 g/mol. The largest absolute Gasteiger partial charge is 0.462 e. The predicted octanol–water partition coefficient (Wildman–Crippen LogP) is 16.2. The van der Waals surface area contributed by atoms with Gasteiger partial charge in [-0.2, -0.15) is 0 Å². The average molecular weight is 870 g/mol. The second-order valence-corrected chi connectivity index (χ2v) is 18.4. The lowest BCUT2D eigenvalue weighted by Gasteiger charge is -2.24. The average Bonchev–Trinajstić information content (AvgIpc) is 3.26. The van der Waals surface area contributed by atoms with Gasteiger partial charge < -0.3 is 20.3 Å². The highest BCUT2D eigenvalue weighted by atomic mass is 16.5. The summed E-state index contributed by atoms with van der Waals surface area (Å²) in [6.45, 7) is 6.34. The van der Waals surface area contributed by atoms with Crippen molar-refractivity contribution in [3.8, 4) is 0 Å². The van der Waals surface area contributed by atoms with Crippen LogP contribution in [0.25, 0.3) is 0 Å². The molecule has 0 aliphatic rings. The maximum Gasteiger partial charge on any atom is 0.306 e. The van der Waals surface area contributed by atoms with Crippen LogP contribution in [0.1, 0.15) is 271 Å². The van der Waals surface area contributed by atoms with Crippen molar-refractivity contribution in [2.45, 2.75) is 289 Å². The van der Waals surface area contributed by atoms with E-state index in [1.54, 1.807) is 0 Å². The highest BCUT2D eigenvalue weighted by Gasteiger charge is 2.24. The van der Waals surface area contributed by atoms with Crippen LogP contribution < -0.4 is 5.32 Å². The number of ether oxygens (including phenoxy) is 1. The highest BCUT2D eigenvalue weighted by Crippen LogP contribution is 2.18. The maximum atomic E-state index is 13.2. The van der Waals surface area contributed by atoms with Gasteiger partial charge in [-0.25, -0.2) is 0 Å². The Labute approximate surface area is 385 Å². The number of nitrogens with one attached hydrogen (secondary N) is 1. The molecule has 0 aliphatic carbocycles. The van der Waals surface area contributed by atoms with Gasteiger partial charge in [-0.05, 0) is 38.5 Å². The summed E-state index contributed by atoms with van der Waals surface area (Å²) in [6, 6.07) is -0.721. The lowest BCUT2D eigenvalue weighted by Crippen LogP contribution is -2.46. The lowest BCUT2D eigenvalue weighted by atomic mass is 10.0. The first-order chi connectivity index (χ1) is 30.5. The Balaban J connectivity index is 4.51. The van der Waals surface area contributed by atoms with Crippen LogP contribution in [0.15, 0.2) is 48.6 Å². The van der Waals surface area contributed by atoms with Crippen LogP contribution in [-0.4, -0.2) is 46.9 Å². The SMILES string of the molecule is CC/C=C/C=C/C=C\C=C/CCCC(CC(=O)NC(CO)C(O)CCCCCCCCCCCCCCCCCC)OC(=O)CCCCCCCCCCCCCCCCCC. The number of aliphatic hydroxyl groups excluding tert-OH is 2. The number of allylic oxidation sites excluding steroid dienone is 8. The number of hydrogen-bond acceptors (Lipinski definition) is 5. The molecule has 3 atom stereocenters. The molecule has 3 N–H and O–H groups in total. The smallest absolute Gasteiger partial charge is 0.306 e. The number of rotatable bonds is 48. The van der Waals surface area contributed by atoms with Crippen LogP contribution in [0.2, 0.25) is 0 Å². The topological polar surface area (TPSA) is 95.9 Å². The van der Waals surface area contributed by atoms with E-state index in [9.17, 15) is 19.8 Å². The zero-order chi connectivity index (χ0) is 45.2. The summed E-state index contributed by atoms with van der Waals surface area (Å²) in [5.41, 5.74) is 0. The van der Waals surface area contributed by atoms with Crippen molar-refractivity contribution in [2.24, 2.45) is 0 Å². The van der Waals surface area contributed by atoms with Gasteiger partial charge in [0.1, 0.15) is 6.10 Å². The van der Waals surface area contributed by atoms with Crippen molar-refractivity contribution < 1.29 is 24.5 Å². The van der Waals surface area contributed by atoms with Gasteiger partial charge in [0.2, 0.25) is 5.91 Å². The van der Waals surface area contributed by atoms with Crippen LogP contribution in [0, 0.1) is 0 Å². The van der Waals surface area contributed by atoms with E-state index in [-0.39, 0.29) is 24.9 Å². The number of carbonyl (C=O) groups excluding carboxylic acids is 2. The van der Waals surface area contributed by atoms with Gasteiger partial charge in [-0.1, -0.05) is 268 Å². The van der Waals surface area contributed by atoms with E-state index >= 15 is 0 Å². The Hall–Kier alpha value is -2.18. The van der Waals surface area contributed by atoms with Crippen molar-refractivity contribution >= 4 is 11.9 Å². The van der Waals surface area contributed by atoms with Crippen molar-refractivity contribution in [2.75, 3.05) is 6.61 Å². The molecule has 0 aliphatic heterocycles. The number of carbonyl (C=O) groups is 2. The third-order valence-electron chi connectivity index (χ3n) is 12.3. The minimum Gasteiger partial charge on any atom is -0.462 e. The first kappa shape index (κ1) is 59.8. The first-order valence-electron chi connectivity index (χ1n) is 26.9. The van der Waals surface area contributed by atoms with Gasteiger partial charge in [0, 0.05) is 6.42 Å². The molecule has 0 fully saturated rings. The molecule has 0 aromatic heterocycles. The summed E-state index contributed by atoms with van der Waals surface area (Å²) in [5, 5.41) is 23.8. The Bertz CT molecular complexity index is 1070. The van der Waals surface area contributed by atoms with Crippen LogP contribution >= 0.6 is 0 Å². The van der Waals surface area contributed by atoms with Crippen molar-refractivity contribution in [1.82, 2.24) is 5.32 Å². The Morgan fingerprint density at radius 3 is 1.29 bits per heavy atom. The van der Waals surface area contributed by atoms with Crippen molar-refractivity contribution in [3.05, 3.63) is 48.6 Å². The quantitative estimate of drug-likeness (QED) is 0.0322. The molecule has 62 heavy (non-hydrogen) atoms. The van der Waals surface area contributed by atoms with E-state index < -0.39 is 18.2 Å². The molecule has 0 aromatic rings. The second kappa shape index (κ2) is 49.8. The second-order valence-electron chi connectivity index (χ2n) is 18.4. The standard InChI is InChI=1S/C56H103NO5/c1-4-7-10-13-16-19-22-24-26-28-30-33-36-39-42-45-48-54(59)53(51-58)57-55(60)50-52(47-44-41-38-35-32-21-18-15-12-9-6-3)62-56(61)49-46-43-40-37-34-31-29-27-25-23-20-17-14-11-8-5-2/h9,12,15,18,21,32,35,38,52-54,58-59H,4-8,10-11,13-14,16-17,19-20,22-31,33-34,36-37,39-51H2,1-3H3,(H,57,60)/b12-9+,18-15+,32-21-,38-35-. The summed E-state index contributed by atoms with van der Waals surface area (Å²) in [4.78, 5) is 26.1. The van der Waals surface area contributed by atoms with E-state index in [2.05, 4.69) is 38.2 Å². The monoisotopic (exact) mass is 870 g/mol. The van der Waals surface area contributed by atoms with E-state index in [1.807, 2.05) is 36.5 Å². The zero-order valence-electron chi connectivity index (χ0n) is 41.3. The van der Waals surface area contributed by atoms with Gasteiger partial charge in [0.15, 0.2) is 0 Å². The normalized spacial score (nSPS) is 13.6. The molecule has 0 radical (unpaired) electrons. The molecule has 0 bridgehead atoms. The number of hydrogen-bond donors (Lipinski definition) is 3. The van der Waals surface area contributed by atoms with Gasteiger partial charge in [-0.15, -0.1) is 0 Å². The fourth-order valence-electron chi connectivity index (χ4n) is 8.21. The number of aliphatic hydroxyl groups is 2. The molecule has 0 spiro atoms. The fourth-order valence-corrected chi connectivity index (χ4v) is 8.21. The predicted molar refractivity (Wildman–Crippen MR) is 269 cm³/mol. The van der Waals surface area contributed by atoms with Crippen LogP contribution in [0.4, 0.5) is 0 Å². The van der Waals surface area contributed by atoms with Gasteiger partial charge in [-0.3, -0.25) is 9.59 Å². The summed E-state index contributed by atoms with van der Waals surface area (Å²) < 4.78 is 5.90. The third kappa shape index (κ3) is 44.4. The molecule has 0 aromatic carbocycles. The minimum atomic E-state index is -0.804. The number of amides is 1. The third-order valence-corrected chi connectivity index (χ3v) is 12.3. The van der Waals surface area contributed by atoms with E-state index in [0.717, 1.165) is 57.8 Å². The Morgan fingerprint density at radius 2 is 0.871 bits per heavy atom. The van der Waals surface area contributed by atoms with Crippen LogP contribution in [0.3, 0.4) is 0 Å². The van der Waals surface area contributed by atoms with Gasteiger partial charge >= 0.3 is 5.97 Å². The molecule has 0 saturated heterocycles.